The largest absolute Gasteiger partial charge is 0.493 e. The van der Waals surface area contributed by atoms with E-state index in [1.54, 1.807) is 18.3 Å². The van der Waals surface area contributed by atoms with Crippen molar-refractivity contribution in [2.24, 2.45) is 4.99 Å². The van der Waals surface area contributed by atoms with E-state index < -0.39 is 12.6 Å². The molecule has 2 aromatic rings. The number of para-hydroxylation sites is 1. The third kappa shape index (κ3) is 4.84. The molecule has 0 spiro atoms. The topological polar surface area (TPSA) is 68.1 Å². The smallest absolute Gasteiger partial charge is 0.341 e. The molecular weight excluding hydrogens is 433 g/mol. The molecule has 5 nitrogen and oxygen atoms in total. The number of hydrogen-bond acceptors (Lipinski definition) is 4. The van der Waals surface area contributed by atoms with Crippen LogP contribution in [0.2, 0.25) is 5.02 Å². The van der Waals surface area contributed by atoms with Crippen molar-refractivity contribution in [3.05, 3.63) is 50.6 Å². The lowest BCUT2D eigenvalue weighted by atomic mass is 10.2. The molecule has 120 valence electrons. The number of nitrogens with zero attached hydrogens (tertiary/aromatic N) is 1. The minimum atomic E-state index is -1.05. The molecule has 23 heavy (non-hydrogen) atoms. The fourth-order valence-electron chi connectivity index (χ4n) is 1.79. The van der Waals surface area contributed by atoms with Gasteiger partial charge in [-0.15, -0.1) is 0 Å². The van der Waals surface area contributed by atoms with E-state index in [-0.39, 0.29) is 0 Å². The Kier molecular flexibility index (Phi) is 6.23. The Balaban J connectivity index is 2.29. The SMILES string of the molecule is COc1cc(C=Nc2ccccc2Cl)cc(I)c1OCC(=O)O. The number of methoxy groups -OCH3 is 1. The average molecular weight is 446 g/mol. The molecule has 0 aromatic heterocycles. The highest BCUT2D eigenvalue weighted by Crippen LogP contribution is 2.34. The van der Waals surface area contributed by atoms with Crippen molar-refractivity contribution >= 4 is 52.1 Å². The number of aliphatic imine (C=N–C) groups is 1. The van der Waals surface area contributed by atoms with Gasteiger partial charge in [0.15, 0.2) is 18.1 Å². The second kappa shape index (κ2) is 8.16. The van der Waals surface area contributed by atoms with E-state index in [2.05, 4.69) is 27.6 Å². The first kappa shape index (κ1) is 17.6. The van der Waals surface area contributed by atoms with Gasteiger partial charge in [-0.2, -0.15) is 0 Å². The first-order chi connectivity index (χ1) is 11.0. The van der Waals surface area contributed by atoms with Crippen LogP contribution >= 0.6 is 34.2 Å². The van der Waals surface area contributed by atoms with Crippen molar-refractivity contribution < 1.29 is 19.4 Å². The van der Waals surface area contributed by atoms with Gasteiger partial charge < -0.3 is 14.6 Å². The van der Waals surface area contributed by atoms with E-state index >= 15 is 0 Å². The number of rotatable bonds is 6. The molecule has 0 saturated carbocycles. The Morgan fingerprint density at radius 2 is 2.13 bits per heavy atom. The number of ether oxygens (including phenoxy) is 2. The molecule has 0 atom stereocenters. The molecule has 0 aliphatic heterocycles. The monoisotopic (exact) mass is 445 g/mol. The highest BCUT2D eigenvalue weighted by molar-refractivity contribution is 14.1. The van der Waals surface area contributed by atoms with Crippen LogP contribution in [-0.2, 0) is 4.79 Å². The van der Waals surface area contributed by atoms with Gasteiger partial charge in [-0.1, -0.05) is 23.7 Å². The second-order valence-corrected chi connectivity index (χ2v) is 6.00. The van der Waals surface area contributed by atoms with E-state index in [1.165, 1.54) is 7.11 Å². The molecule has 1 N–H and O–H groups in total. The van der Waals surface area contributed by atoms with Crippen molar-refractivity contribution in [3.63, 3.8) is 0 Å². The highest BCUT2D eigenvalue weighted by atomic mass is 127. The zero-order valence-electron chi connectivity index (χ0n) is 12.1. The van der Waals surface area contributed by atoms with Crippen LogP contribution in [0.4, 0.5) is 5.69 Å². The van der Waals surface area contributed by atoms with Crippen LogP contribution < -0.4 is 9.47 Å². The highest BCUT2D eigenvalue weighted by Gasteiger charge is 2.12. The number of aliphatic carboxylic acids is 1. The van der Waals surface area contributed by atoms with E-state index in [1.807, 2.05) is 24.3 Å². The molecule has 7 heteroatoms. The minimum absolute atomic E-state index is 0.394. The maximum Gasteiger partial charge on any atom is 0.341 e. The Morgan fingerprint density at radius 1 is 1.39 bits per heavy atom. The van der Waals surface area contributed by atoms with Gasteiger partial charge in [0.2, 0.25) is 0 Å². The number of hydrogen-bond donors (Lipinski definition) is 1. The summed E-state index contributed by atoms with van der Waals surface area (Å²) >= 11 is 8.12. The summed E-state index contributed by atoms with van der Waals surface area (Å²) in [5.41, 5.74) is 1.45. The van der Waals surface area contributed by atoms with Gasteiger partial charge in [-0.05, 0) is 52.4 Å². The van der Waals surface area contributed by atoms with Gasteiger partial charge in [0.1, 0.15) is 0 Å². The minimum Gasteiger partial charge on any atom is -0.493 e. The molecule has 0 bridgehead atoms. The van der Waals surface area contributed by atoms with Gasteiger partial charge in [-0.25, -0.2) is 4.79 Å². The number of carbonyl (C=O) groups is 1. The number of carboxylic acids is 1. The first-order valence-electron chi connectivity index (χ1n) is 6.52. The second-order valence-electron chi connectivity index (χ2n) is 4.43. The predicted molar refractivity (Wildman–Crippen MR) is 97.5 cm³/mol. The summed E-state index contributed by atoms with van der Waals surface area (Å²) in [6, 6.07) is 10.8. The molecule has 2 aromatic carbocycles. The quantitative estimate of drug-likeness (QED) is 0.535. The molecule has 0 saturated heterocycles. The Labute approximate surface area is 152 Å². The van der Waals surface area contributed by atoms with Gasteiger partial charge in [0.05, 0.1) is 21.4 Å². The summed E-state index contributed by atoms with van der Waals surface area (Å²) in [5, 5.41) is 9.28. The van der Waals surface area contributed by atoms with E-state index in [9.17, 15) is 4.79 Å². The van der Waals surface area contributed by atoms with Gasteiger partial charge in [0, 0.05) is 6.21 Å². The molecule has 0 aliphatic carbocycles. The van der Waals surface area contributed by atoms with E-state index in [0.717, 1.165) is 9.13 Å². The van der Waals surface area contributed by atoms with E-state index in [4.69, 9.17) is 26.2 Å². The molecule has 0 amide bonds. The lowest BCUT2D eigenvalue weighted by Crippen LogP contribution is -2.11. The summed E-state index contributed by atoms with van der Waals surface area (Å²) in [4.78, 5) is 15.0. The molecule has 0 unspecified atom stereocenters. The fourth-order valence-corrected chi connectivity index (χ4v) is 2.75. The van der Waals surface area contributed by atoms with Crippen LogP contribution in [0.3, 0.4) is 0 Å². The van der Waals surface area contributed by atoms with Crippen molar-refractivity contribution in [1.82, 2.24) is 0 Å². The summed E-state index contributed by atoms with van der Waals surface area (Å²) in [6.45, 7) is -0.431. The average Bonchev–Trinajstić information content (AvgIpc) is 2.52. The number of halogens is 2. The van der Waals surface area contributed by atoms with Gasteiger partial charge in [0.25, 0.3) is 0 Å². The Hall–Kier alpha value is -1.80. The van der Waals surface area contributed by atoms with Crippen molar-refractivity contribution in [3.8, 4) is 11.5 Å². The normalized spacial score (nSPS) is 10.7. The molecule has 2 rings (SSSR count). The van der Waals surface area contributed by atoms with Gasteiger partial charge >= 0.3 is 5.97 Å². The lowest BCUT2D eigenvalue weighted by Gasteiger charge is -2.12. The van der Waals surface area contributed by atoms with E-state index in [0.29, 0.717) is 22.2 Å². The molecule has 0 radical (unpaired) electrons. The molecular formula is C16H13ClINO4. The zero-order valence-corrected chi connectivity index (χ0v) is 15.0. The lowest BCUT2D eigenvalue weighted by molar-refractivity contribution is -0.139. The van der Waals surface area contributed by atoms with Crippen LogP contribution in [0.15, 0.2) is 41.4 Å². The summed E-state index contributed by atoms with van der Waals surface area (Å²) in [7, 11) is 1.49. The van der Waals surface area contributed by atoms with Crippen molar-refractivity contribution in [2.75, 3.05) is 13.7 Å². The van der Waals surface area contributed by atoms with Crippen LogP contribution in [0.5, 0.6) is 11.5 Å². The van der Waals surface area contributed by atoms with Crippen molar-refractivity contribution in [1.29, 1.82) is 0 Å². The van der Waals surface area contributed by atoms with Gasteiger partial charge in [-0.3, -0.25) is 4.99 Å². The summed E-state index contributed by atoms with van der Waals surface area (Å²) in [5.74, 6) is -0.212. The van der Waals surface area contributed by atoms with Crippen LogP contribution in [0.25, 0.3) is 0 Å². The Morgan fingerprint density at radius 3 is 2.78 bits per heavy atom. The van der Waals surface area contributed by atoms with Crippen LogP contribution in [-0.4, -0.2) is 31.0 Å². The number of carboxylic acid groups (broad SMARTS) is 1. The van der Waals surface area contributed by atoms with Crippen LogP contribution in [0.1, 0.15) is 5.56 Å². The standard InChI is InChI=1S/C16H13ClINO4/c1-22-14-7-10(6-12(18)16(14)23-9-15(20)21)8-19-13-5-3-2-4-11(13)17/h2-8H,9H2,1H3,(H,20,21). The zero-order chi connectivity index (χ0) is 16.8. The maximum atomic E-state index is 10.6. The third-order valence-corrected chi connectivity index (χ3v) is 3.92. The molecule has 0 heterocycles. The molecule has 0 fully saturated rings. The maximum absolute atomic E-state index is 10.6. The third-order valence-electron chi connectivity index (χ3n) is 2.80. The Bertz CT molecular complexity index is 749. The summed E-state index contributed by atoms with van der Waals surface area (Å²) in [6.07, 6.45) is 1.66. The summed E-state index contributed by atoms with van der Waals surface area (Å²) < 4.78 is 11.2. The first-order valence-corrected chi connectivity index (χ1v) is 7.97. The van der Waals surface area contributed by atoms with Crippen LogP contribution in [0, 0.1) is 3.57 Å². The predicted octanol–water partition coefficient (Wildman–Crippen LogP) is 4.17. The molecule has 0 aliphatic rings. The van der Waals surface area contributed by atoms with Crippen molar-refractivity contribution in [2.45, 2.75) is 0 Å². The fraction of sp³-hybridized carbons (Fsp3) is 0.125. The number of benzene rings is 2.